The molecule has 0 bridgehead atoms. The van der Waals surface area contributed by atoms with E-state index in [1.54, 1.807) is 32.0 Å². The first-order valence-electron chi connectivity index (χ1n) is 13.9. The number of ketones is 1. The number of methoxy groups -OCH3 is 1. The molecule has 1 aromatic heterocycles. The van der Waals surface area contributed by atoms with Crippen molar-refractivity contribution in [3.05, 3.63) is 65.5 Å². The fourth-order valence-electron chi connectivity index (χ4n) is 4.19. The molecule has 0 aliphatic rings. The zero-order valence-corrected chi connectivity index (χ0v) is 25.8. The minimum Gasteiger partial charge on any atom is -0.496 e. The number of amides is 2. The van der Waals surface area contributed by atoms with Crippen molar-refractivity contribution in [2.24, 2.45) is 5.92 Å². The van der Waals surface area contributed by atoms with Gasteiger partial charge < -0.3 is 25.0 Å². The fourth-order valence-corrected chi connectivity index (χ4v) is 5.13. The van der Waals surface area contributed by atoms with Crippen LogP contribution in [0, 0.1) is 5.92 Å². The molecule has 3 rings (SSSR count). The van der Waals surface area contributed by atoms with Crippen LogP contribution in [0.15, 0.2) is 53.1 Å². The summed E-state index contributed by atoms with van der Waals surface area (Å²) in [6.45, 7) is 7.39. The van der Waals surface area contributed by atoms with Crippen molar-refractivity contribution >= 4 is 35.3 Å². The Morgan fingerprint density at radius 3 is 2.35 bits per heavy atom. The number of aliphatic carboxylic acids is 1. The molecule has 2 aromatic carbocycles. The lowest BCUT2D eigenvalue weighted by Gasteiger charge is -2.25. The van der Waals surface area contributed by atoms with Gasteiger partial charge in [0.2, 0.25) is 11.8 Å². The third-order valence-electron chi connectivity index (χ3n) is 6.54. The smallest absolute Gasteiger partial charge is 0.305 e. The summed E-state index contributed by atoms with van der Waals surface area (Å²) < 4.78 is 10.8. The van der Waals surface area contributed by atoms with Crippen LogP contribution < -0.4 is 15.4 Å². The van der Waals surface area contributed by atoms with Crippen molar-refractivity contribution in [3.63, 3.8) is 0 Å². The summed E-state index contributed by atoms with van der Waals surface area (Å²) in [5.41, 5.74) is 2.18. The third kappa shape index (κ3) is 9.95. The van der Waals surface area contributed by atoms with E-state index in [1.807, 2.05) is 44.2 Å². The van der Waals surface area contributed by atoms with E-state index < -0.39 is 42.1 Å². The second-order valence-electron chi connectivity index (χ2n) is 10.7. The molecule has 0 aliphatic carbocycles. The predicted octanol–water partition coefficient (Wildman–Crippen LogP) is 4.01. The number of nitrogens with one attached hydrogen (secondary N) is 2. The van der Waals surface area contributed by atoms with Gasteiger partial charge in [0.05, 0.1) is 31.7 Å². The van der Waals surface area contributed by atoms with Gasteiger partial charge in [-0.15, -0.1) is 11.8 Å². The summed E-state index contributed by atoms with van der Waals surface area (Å²) in [5.74, 6) is -1.05. The largest absolute Gasteiger partial charge is 0.496 e. The normalized spacial score (nSPS) is 12.5. The maximum Gasteiger partial charge on any atom is 0.305 e. The van der Waals surface area contributed by atoms with E-state index in [0.717, 1.165) is 5.56 Å². The zero-order chi connectivity index (χ0) is 31.5. The summed E-state index contributed by atoms with van der Waals surface area (Å²) in [5, 5.41) is 18.7. The van der Waals surface area contributed by atoms with Gasteiger partial charge in [0.15, 0.2) is 11.6 Å². The van der Waals surface area contributed by atoms with E-state index in [0.29, 0.717) is 34.3 Å². The molecule has 2 atom stereocenters. The van der Waals surface area contributed by atoms with E-state index in [1.165, 1.54) is 18.9 Å². The quantitative estimate of drug-likeness (QED) is 0.216. The lowest BCUT2D eigenvalue weighted by atomic mass is 10.0. The van der Waals surface area contributed by atoms with Crippen LogP contribution >= 0.6 is 11.8 Å². The molecule has 2 unspecified atom stereocenters. The Balaban J connectivity index is 1.68. The van der Waals surface area contributed by atoms with E-state index in [9.17, 15) is 24.3 Å². The molecular formula is C31H38N4O7S. The number of nitrogens with zero attached hydrogens (tertiary/aromatic N) is 2. The van der Waals surface area contributed by atoms with Crippen LogP contribution in [0.3, 0.4) is 0 Å². The summed E-state index contributed by atoms with van der Waals surface area (Å²) in [7, 11) is 1.49. The molecule has 43 heavy (non-hydrogen) atoms. The van der Waals surface area contributed by atoms with Crippen molar-refractivity contribution in [1.29, 1.82) is 0 Å². The first-order valence-corrected chi connectivity index (χ1v) is 15.1. The number of rotatable bonds is 16. The molecule has 1 heterocycles. The number of thioether (sulfide) groups is 1. The third-order valence-corrected chi connectivity index (χ3v) is 7.57. The molecule has 0 radical (unpaired) electrons. The van der Waals surface area contributed by atoms with E-state index in [4.69, 9.17) is 9.26 Å². The van der Waals surface area contributed by atoms with Gasteiger partial charge in [-0.3, -0.25) is 19.2 Å². The van der Waals surface area contributed by atoms with Crippen LogP contribution in [0.4, 0.5) is 0 Å². The molecule has 3 N–H and O–H groups in total. The number of carbonyl (C=O) groups excluding carboxylic acids is 3. The van der Waals surface area contributed by atoms with Crippen LogP contribution in [-0.2, 0) is 31.4 Å². The topological polar surface area (TPSA) is 161 Å². The van der Waals surface area contributed by atoms with Gasteiger partial charge >= 0.3 is 5.97 Å². The van der Waals surface area contributed by atoms with Gasteiger partial charge in [-0.05, 0) is 29.7 Å². The van der Waals surface area contributed by atoms with Crippen LogP contribution in [0.5, 0.6) is 5.75 Å². The number of hydrogen-bond donors (Lipinski definition) is 3. The number of benzene rings is 2. The molecule has 12 heteroatoms. The van der Waals surface area contributed by atoms with Crippen LogP contribution in [-0.4, -0.2) is 63.8 Å². The van der Waals surface area contributed by atoms with Crippen molar-refractivity contribution in [3.8, 4) is 17.2 Å². The first-order chi connectivity index (χ1) is 20.5. The molecule has 0 saturated carbocycles. The minimum absolute atomic E-state index is 0.0284. The summed E-state index contributed by atoms with van der Waals surface area (Å²) in [6.07, 6.45) is -0.681. The second-order valence-corrected chi connectivity index (χ2v) is 11.7. The molecule has 0 saturated heterocycles. The van der Waals surface area contributed by atoms with E-state index in [2.05, 4.69) is 20.8 Å². The summed E-state index contributed by atoms with van der Waals surface area (Å²) in [4.78, 5) is 55.2. The standard InChI is InChI=1S/C31H38N4O7S/c1-18(2)28(30(40)32-23(15-27(38)39)24(36)17-43-16-20-9-7-6-8-10-20)33-26(37)14-22-13-21(11-12-25(22)41-5)31-34-29(19(3)4)35-42-31/h6-13,18-19,23,28H,14-17H2,1-5H3,(H,32,40)(H,33,37)(H,38,39). The fraction of sp³-hybridized carbons (Fsp3) is 0.419. The average Bonchev–Trinajstić information content (AvgIpc) is 3.46. The lowest BCUT2D eigenvalue weighted by Crippen LogP contribution is -2.54. The van der Waals surface area contributed by atoms with Gasteiger partial charge in [0.25, 0.3) is 5.89 Å². The SMILES string of the molecule is COc1ccc(-c2nc(C(C)C)no2)cc1CC(=O)NC(C(=O)NC(CC(=O)O)C(=O)CSCc1ccccc1)C(C)C. The summed E-state index contributed by atoms with van der Waals surface area (Å²) >= 11 is 1.34. The Morgan fingerprint density at radius 2 is 1.74 bits per heavy atom. The number of hydrogen-bond acceptors (Lipinski definition) is 9. The number of carboxylic acids is 1. The molecular weight excluding hydrogens is 572 g/mol. The Kier molecular flexibility index (Phi) is 12.3. The van der Waals surface area contributed by atoms with E-state index in [-0.39, 0.29) is 24.0 Å². The molecule has 11 nitrogen and oxygen atoms in total. The molecule has 2 amide bonds. The van der Waals surface area contributed by atoms with Crippen LogP contribution in [0.2, 0.25) is 0 Å². The number of carbonyl (C=O) groups is 4. The lowest BCUT2D eigenvalue weighted by molar-refractivity contribution is -0.140. The molecule has 0 spiro atoms. The predicted molar refractivity (Wildman–Crippen MR) is 163 cm³/mol. The number of ether oxygens (including phenoxy) is 1. The number of aromatic nitrogens is 2. The maximum absolute atomic E-state index is 13.3. The summed E-state index contributed by atoms with van der Waals surface area (Å²) in [6, 6.07) is 12.5. The van der Waals surface area contributed by atoms with Gasteiger partial charge in [-0.2, -0.15) is 4.98 Å². The second kappa shape index (κ2) is 15.9. The van der Waals surface area contributed by atoms with Gasteiger partial charge in [0.1, 0.15) is 11.8 Å². The van der Waals surface area contributed by atoms with E-state index >= 15 is 0 Å². The highest BCUT2D eigenvalue weighted by Gasteiger charge is 2.30. The highest BCUT2D eigenvalue weighted by molar-refractivity contribution is 7.99. The molecule has 0 fully saturated rings. The van der Waals surface area contributed by atoms with Crippen LogP contribution in [0.25, 0.3) is 11.5 Å². The Labute approximate surface area is 255 Å². The average molecular weight is 611 g/mol. The first kappa shape index (κ1) is 33.3. The van der Waals surface area contributed by atoms with Crippen molar-refractivity contribution < 1.29 is 33.5 Å². The molecule has 230 valence electrons. The zero-order valence-electron chi connectivity index (χ0n) is 25.0. The van der Waals surface area contributed by atoms with Gasteiger partial charge in [-0.1, -0.05) is 63.2 Å². The number of Topliss-reactive ketones (excluding diaryl/α,β-unsaturated/α-hetero) is 1. The van der Waals surface area contributed by atoms with Crippen molar-refractivity contribution in [2.45, 2.75) is 64.3 Å². The maximum atomic E-state index is 13.3. The molecule has 0 aliphatic heterocycles. The monoisotopic (exact) mass is 610 g/mol. The Morgan fingerprint density at radius 1 is 1.02 bits per heavy atom. The van der Waals surface area contributed by atoms with Crippen molar-refractivity contribution in [2.75, 3.05) is 12.9 Å². The van der Waals surface area contributed by atoms with Crippen LogP contribution in [0.1, 0.15) is 57.0 Å². The highest BCUT2D eigenvalue weighted by atomic mass is 32.2. The molecule has 3 aromatic rings. The Bertz CT molecular complexity index is 1410. The minimum atomic E-state index is -1.23. The Hall–Kier alpha value is -4.19. The van der Waals surface area contributed by atoms with Crippen molar-refractivity contribution in [1.82, 2.24) is 20.8 Å². The van der Waals surface area contributed by atoms with Gasteiger partial charge in [-0.25, -0.2) is 0 Å². The highest BCUT2D eigenvalue weighted by Crippen LogP contribution is 2.27. The number of carboxylic acid groups (broad SMARTS) is 1. The van der Waals surface area contributed by atoms with Gasteiger partial charge in [0, 0.05) is 22.8 Å².